The standard InChI is InChI=1S/C20H20N2O2/c1-24-20-8-3-2-6-16(20)13-21-14-17-12-15(9-10-19(17)23)18-7-4-5-11-22-18/h2-12,21,23H,13-14H2,1H3. The van der Waals surface area contributed by atoms with E-state index in [-0.39, 0.29) is 5.75 Å². The zero-order valence-electron chi connectivity index (χ0n) is 13.6. The predicted molar refractivity (Wildman–Crippen MR) is 94.9 cm³/mol. The highest BCUT2D eigenvalue weighted by Gasteiger charge is 2.06. The number of nitrogens with zero attached hydrogens (tertiary/aromatic N) is 1. The Morgan fingerprint density at radius 1 is 0.958 bits per heavy atom. The van der Waals surface area contributed by atoms with Crippen LogP contribution in [0.15, 0.2) is 66.9 Å². The number of rotatable bonds is 6. The Hall–Kier alpha value is -2.85. The average molecular weight is 320 g/mol. The lowest BCUT2D eigenvalue weighted by molar-refractivity contribution is 0.407. The van der Waals surface area contributed by atoms with Crippen molar-refractivity contribution in [2.45, 2.75) is 13.1 Å². The third kappa shape index (κ3) is 3.73. The van der Waals surface area contributed by atoms with Gasteiger partial charge in [0.2, 0.25) is 0 Å². The molecule has 0 saturated carbocycles. The molecule has 0 atom stereocenters. The highest BCUT2D eigenvalue weighted by atomic mass is 16.5. The number of phenols is 1. The molecule has 1 heterocycles. The van der Waals surface area contributed by atoms with Crippen LogP contribution < -0.4 is 10.1 Å². The predicted octanol–water partition coefficient (Wildman–Crippen LogP) is 3.75. The number of aromatic hydroxyl groups is 1. The van der Waals surface area contributed by atoms with Crippen LogP contribution in [-0.2, 0) is 13.1 Å². The lowest BCUT2D eigenvalue weighted by atomic mass is 10.1. The summed E-state index contributed by atoms with van der Waals surface area (Å²) >= 11 is 0. The highest BCUT2D eigenvalue weighted by Crippen LogP contribution is 2.25. The van der Waals surface area contributed by atoms with Gasteiger partial charge in [-0.2, -0.15) is 0 Å². The van der Waals surface area contributed by atoms with Crippen molar-refractivity contribution in [3.8, 4) is 22.8 Å². The first-order valence-electron chi connectivity index (χ1n) is 7.84. The number of pyridine rings is 1. The van der Waals surface area contributed by atoms with Gasteiger partial charge in [0.25, 0.3) is 0 Å². The van der Waals surface area contributed by atoms with Crippen LogP contribution in [0.1, 0.15) is 11.1 Å². The lowest BCUT2D eigenvalue weighted by Gasteiger charge is -2.11. The number of hydrogen-bond acceptors (Lipinski definition) is 4. The summed E-state index contributed by atoms with van der Waals surface area (Å²) in [5.74, 6) is 1.14. The van der Waals surface area contributed by atoms with E-state index in [1.165, 1.54) is 0 Å². The lowest BCUT2D eigenvalue weighted by Crippen LogP contribution is -2.13. The molecule has 24 heavy (non-hydrogen) atoms. The van der Waals surface area contributed by atoms with Crippen LogP contribution in [0.2, 0.25) is 0 Å². The molecule has 2 aromatic carbocycles. The number of ether oxygens (including phenoxy) is 1. The second-order valence-corrected chi connectivity index (χ2v) is 5.47. The van der Waals surface area contributed by atoms with Crippen LogP contribution in [0.3, 0.4) is 0 Å². The van der Waals surface area contributed by atoms with Gasteiger partial charge in [-0.05, 0) is 36.4 Å². The van der Waals surface area contributed by atoms with Crippen LogP contribution in [0.25, 0.3) is 11.3 Å². The molecule has 0 aliphatic rings. The summed E-state index contributed by atoms with van der Waals surface area (Å²) in [4.78, 5) is 4.35. The van der Waals surface area contributed by atoms with Crippen molar-refractivity contribution in [1.29, 1.82) is 0 Å². The molecule has 1 aromatic heterocycles. The third-order valence-corrected chi connectivity index (χ3v) is 3.86. The van der Waals surface area contributed by atoms with E-state index in [9.17, 15) is 5.11 Å². The van der Waals surface area contributed by atoms with Gasteiger partial charge < -0.3 is 15.2 Å². The minimum Gasteiger partial charge on any atom is -0.508 e. The van der Waals surface area contributed by atoms with Gasteiger partial charge in [0.15, 0.2) is 0 Å². The number of nitrogens with one attached hydrogen (secondary N) is 1. The molecule has 0 radical (unpaired) electrons. The Morgan fingerprint density at radius 2 is 1.75 bits per heavy atom. The van der Waals surface area contributed by atoms with Gasteiger partial charge in [-0.1, -0.05) is 24.3 Å². The fraction of sp³-hybridized carbons (Fsp3) is 0.150. The molecule has 2 N–H and O–H groups in total. The molecule has 0 aliphatic carbocycles. The van der Waals surface area contributed by atoms with Crippen LogP contribution in [-0.4, -0.2) is 17.2 Å². The molecular weight excluding hydrogens is 300 g/mol. The van der Waals surface area contributed by atoms with Crippen molar-refractivity contribution in [3.63, 3.8) is 0 Å². The number of hydrogen-bond donors (Lipinski definition) is 2. The van der Waals surface area contributed by atoms with Gasteiger partial charge in [-0.15, -0.1) is 0 Å². The van der Waals surface area contributed by atoms with Gasteiger partial charge in [-0.3, -0.25) is 4.98 Å². The number of methoxy groups -OCH3 is 1. The number of phenolic OH excluding ortho intramolecular Hbond substituents is 1. The van der Waals surface area contributed by atoms with E-state index >= 15 is 0 Å². The summed E-state index contributed by atoms with van der Waals surface area (Å²) in [7, 11) is 1.67. The minimum absolute atomic E-state index is 0.280. The topological polar surface area (TPSA) is 54.4 Å². The second-order valence-electron chi connectivity index (χ2n) is 5.47. The first-order chi connectivity index (χ1) is 11.8. The van der Waals surface area contributed by atoms with Crippen molar-refractivity contribution < 1.29 is 9.84 Å². The summed E-state index contributed by atoms with van der Waals surface area (Å²) in [6.45, 7) is 1.22. The first kappa shape index (κ1) is 16.0. The summed E-state index contributed by atoms with van der Waals surface area (Å²) in [6, 6.07) is 19.3. The molecule has 0 fully saturated rings. The zero-order valence-corrected chi connectivity index (χ0v) is 13.6. The summed E-state index contributed by atoms with van der Waals surface area (Å²) in [5.41, 5.74) is 3.80. The largest absolute Gasteiger partial charge is 0.508 e. The molecule has 4 heteroatoms. The molecule has 122 valence electrons. The van der Waals surface area contributed by atoms with Gasteiger partial charge in [0.05, 0.1) is 12.8 Å². The van der Waals surface area contributed by atoms with E-state index in [0.717, 1.165) is 28.1 Å². The van der Waals surface area contributed by atoms with E-state index in [0.29, 0.717) is 13.1 Å². The van der Waals surface area contributed by atoms with Gasteiger partial charge in [0, 0.05) is 36.0 Å². The Balaban J connectivity index is 1.71. The highest BCUT2D eigenvalue weighted by molar-refractivity contribution is 5.61. The van der Waals surface area contributed by atoms with Crippen LogP contribution in [0.4, 0.5) is 0 Å². The average Bonchev–Trinajstić information content (AvgIpc) is 2.64. The van der Waals surface area contributed by atoms with Crippen molar-refractivity contribution in [2.24, 2.45) is 0 Å². The normalized spacial score (nSPS) is 10.5. The van der Waals surface area contributed by atoms with Crippen molar-refractivity contribution in [1.82, 2.24) is 10.3 Å². The summed E-state index contributed by atoms with van der Waals surface area (Å²) in [6.07, 6.45) is 1.77. The fourth-order valence-corrected chi connectivity index (χ4v) is 2.60. The smallest absolute Gasteiger partial charge is 0.123 e. The van der Waals surface area contributed by atoms with E-state index in [2.05, 4.69) is 10.3 Å². The molecule has 0 amide bonds. The van der Waals surface area contributed by atoms with E-state index < -0.39 is 0 Å². The Labute approximate surface area is 141 Å². The third-order valence-electron chi connectivity index (χ3n) is 3.86. The van der Waals surface area contributed by atoms with E-state index in [4.69, 9.17) is 4.74 Å². The quantitative estimate of drug-likeness (QED) is 0.726. The number of para-hydroxylation sites is 1. The number of aromatic nitrogens is 1. The fourth-order valence-electron chi connectivity index (χ4n) is 2.60. The van der Waals surface area contributed by atoms with E-state index in [1.54, 1.807) is 19.4 Å². The SMILES string of the molecule is COc1ccccc1CNCc1cc(-c2ccccn2)ccc1O. The molecule has 0 bridgehead atoms. The molecule has 3 aromatic rings. The first-order valence-corrected chi connectivity index (χ1v) is 7.84. The van der Waals surface area contributed by atoms with Crippen molar-refractivity contribution >= 4 is 0 Å². The summed E-state index contributed by atoms with van der Waals surface area (Å²) < 4.78 is 5.35. The summed E-state index contributed by atoms with van der Waals surface area (Å²) in [5, 5.41) is 13.4. The molecule has 0 saturated heterocycles. The maximum absolute atomic E-state index is 10.1. The van der Waals surface area contributed by atoms with Crippen LogP contribution in [0, 0.1) is 0 Å². The Morgan fingerprint density at radius 3 is 2.54 bits per heavy atom. The Kier molecular flexibility index (Phi) is 5.08. The maximum Gasteiger partial charge on any atom is 0.123 e. The number of benzene rings is 2. The molecule has 3 rings (SSSR count). The molecule has 4 nitrogen and oxygen atoms in total. The maximum atomic E-state index is 10.1. The van der Waals surface area contributed by atoms with E-state index in [1.807, 2.05) is 54.6 Å². The molecule has 0 unspecified atom stereocenters. The van der Waals surface area contributed by atoms with Gasteiger partial charge in [-0.25, -0.2) is 0 Å². The monoisotopic (exact) mass is 320 g/mol. The van der Waals surface area contributed by atoms with Crippen molar-refractivity contribution in [2.75, 3.05) is 7.11 Å². The van der Waals surface area contributed by atoms with Crippen LogP contribution >= 0.6 is 0 Å². The second kappa shape index (κ2) is 7.62. The molecule has 0 spiro atoms. The van der Waals surface area contributed by atoms with Gasteiger partial charge in [0.1, 0.15) is 11.5 Å². The van der Waals surface area contributed by atoms with Gasteiger partial charge >= 0.3 is 0 Å². The van der Waals surface area contributed by atoms with Crippen molar-refractivity contribution in [3.05, 3.63) is 78.0 Å². The zero-order chi connectivity index (χ0) is 16.8. The minimum atomic E-state index is 0.280. The molecule has 0 aliphatic heterocycles. The van der Waals surface area contributed by atoms with Crippen LogP contribution in [0.5, 0.6) is 11.5 Å². The Bertz CT molecular complexity index is 804. The molecular formula is C20H20N2O2.